The number of nitrogens with zero attached hydrogens (tertiary/aromatic N) is 2. The molecule has 5 nitrogen and oxygen atoms in total. The molecule has 0 fully saturated rings. The van der Waals surface area contributed by atoms with E-state index in [1.54, 1.807) is 0 Å². The lowest BCUT2D eigenvalue weighted by Gasteiger charge is -2.12. The number of imidazole rings is 1. The van der Waals surface area contributed by atoms with Gasteiger partial charge in [0.2, 0.25) is 5.91 Å². The molecule has 0 saturated heterocycles. The minimum atomic E-state index is -0.0980. The summed E-state index contributed by atoms with van der Waals surface area (Å²) < 4.78 is 7.79. The molecule has 4 aromatic rings. The third-order valence-electron chi connectivity index (χ3n) is 4.65. The van der Waals surface area contributed by atoms with Gasteiger partial charge in [-0.2, -0.15) is 0 Å². The van der Waals surface area contributed by atoms with Crippen LogP contribution in [0.15, 0.2) is 72.8 Å². The predicted octanol–water partition coefficient (Wildman–Crippen LogP) is 4.87. The number of aryl methyl sites for hydroxylation is 2. The van der Waals surface area contributed by atoms with Crippen molar-refractivity contribution in [2.45, 2.75) is 27.0 Å². The normalized spacial score (nSPS) is 10.8. The fourth-order valence-electron chi connectivity index (χ4n) is 3.47. The predicted molar refractivity (Wildman–Crippen MR) is 115 cm³/mol. The van der Waals surface area contributed by atoms with Crippen LogP contribution in [0.1, 0.15) is 17.0 Å². The topological polar surface area (TPSA) is 56.2 Å². The number of anilines is 1. The lowest BCUT2D eigenvalue weighted by atomic mass is 10.1. The highest BCUT2D eigenvalue weighted by atomic mass is 16.5. The molecule has 4 rings (SSSR count). The molecule has 1 N–H and O–H groups in total. The van der Waals surface area contributed by atoms with Gasteiger partial charge in [0.15, 0.2) is 0 Å². The quantitative estimate of drug-likeness (QED) is 0.515. The van der Waals surface area contributed by atoms with E-state index in [4.69, 9.17) is 4.74 Å². The van der Waals surface area contributed by atoms with Crippen LogP contribution in [-0.2, 0) is 17.9 Å². The third-order valence-corrected chi connectivity index (χ3v) is 4.65. The Morgan fingerprint density at radius 1 is 0.966 bits per heavy atom. The summed E-state index contributed by atoms with van der Waals surface area (Å²) in [6.45, 7) is 4.49. The van der Waals surface area contributed by atoms with Crippen LogP contribution in [-0.4, -0.2) is 15.5 Å². The molecule has 0 saturated carbocycles. The number of carbonyl (C=O) groups is 1. The zero-order valence-electron chi connectivity index (χ0n) is 16.6. The number of benzene rings is 3. The lowest BCUT2D eigenvalue weighted by Crippen LogP contribution is -2.21. The average molecular weight is 385 g/mol. The number of rotatable bonds is 6. The SMILES string of the molecule is Cc1cc(C)cc(NC(=O)Cn2c(COc3ccccc3)nc3ccccc32)c1. The van der Waals surface area contributed by atoms with Gasteiger partial charge in [0.05, 0.1) is 11.0 Å². The van der Waals surface area contributed by atoms with E-state index in [0.717, 1.165) is 33.6 Å². The molecule has 0 radical (unpaired) electrons. The van der Waals surface area contributed by atoms with Crippen LogP contribution in [0, 0.1) is 13.8 Å². The van der Waals surface area contributed by atoms with Gasteiger partial charge < -0.3 is 14.6 Å². The Balaban J connectivity index is 1.57. The van der Waals surface area contributed by atoms with Crippen molar-refractivity contribution >= 4 is 22.6 Å². The van der Waals surface area contributed by atoms with Gasteiger partial charge in [-0.3, -0.25) is 4.79 Å². The summed E-state index contributed by atoms with van der Waals surface area (Å²) in [5, 5.41) is 3.00. The molecule has 1 heterocycles. The van der Waals surface area contributed by atoms with Crippen molar-refractivity contribution in [3.05, 3.63) is 89.7 Å². The summed E-state index contributed by atoms with van der Waals surface area (Å²) in [5.41, 5.74) is 4.79. The molecule has 0 bridgehead atoms. The van der Waals surface area contributed by atoms with Gasteiger partial charge >= 0.3 is 0 Å². The smallest absolute Gasteiger partial charge is 0.244 e. The molecule has 29 heavy (non-hydrogen) atoms. The summed E-state index contributed by atoms with van der Waals surface area (Å²) >= 11 is 0. The van der Waals surface area contributed by atoms with Crippen molar-refractivity contribution in [2.75, 3.05) is 5.32 Å². The van der Waals surface area contributed by atoms with Gasteiger partial charge in [-0.25, -0.2) is 4.98 Å². The van der Waals surface area contributed by atoms with E-state index in [1.165, 1.54) is 0 Å². The summed E-state index contributed by atoms with van der Waals surface area (Å²) in [5.74, 6) is 1.38. The number of hydrogen-bond donors (Lipinski definition) is 1. The van der Waals surface area contributed by atoms with Crippen molar-refractivity contribution in [3.63, 3.8) is 0 Å². The first kappa shape index (κ1) is 18.7. The number of carbonyl (C=O) groups excluding carboxylic acids is 1. The highest BCUT2D eigenvalue weighted by molar-refractivity contribution is 5.92. The number of para-hydroxylation sites is 3. The maximum atomic E-state index is 12.8. The molecule has 1 aromatic heterocycles. The zero-order chi connectivity index (χ0) is 20.2. The Kier molecular flexibility index (Phi) is 5.29. The van der Waals surface area contributed by atoms with Crippen LogP contribution in [0.25, 0.3) is 11.0 Å². The zero-order valence-corrected chi connectivity index (χ0v) is 16.6. The van der Waals surface area contributed by atoms with E-state index < -0.39 is 0 Å². The van der Waals surface area contributed by atoms with E-state index in [2.05, 4.69) is 16.4 Å². The Morgan fingerprint density at radius 3 is 2.41 bits per heavy atom. The second-order valence-corrected chi connectivity index (χ2v) is 7.13. The van der Waals surface area contributed by atoms with Crippen molar-refractivity contribution in [2.24, 2.45) is 0 Å². The van der Waals surface area contributed by atoms with E-state index in [9.17, 15) is 4.79 Å². The van der Waals surface area contributed by atoms with E-state index >= 15 is 0 Å². The maximum absolute atomic E-state index is 12.8. The lowest BCUT2D eigenvalue weighted by molar-refractivity contribution is -0.116. The molecular formula is C24H23N3O2. The monoisotopic (exact) mass is 385 g/mol. The van der Waals surface area contributed by atoms with Crippen molar-refractivity contribution < 1.29 is 9.53 Å². The van der Waals surface area contributed by atoms with Crippen molar-refractivity contribution in [3.8, 4) is 5.75 Å². The number of aromatic nitrogens is 2. The summed E-state index contributed by atoms with van der Waals surface area (Å²) in [6, 6.07) is 23.4. The number of amides is 1. The molecule has 0 atom stereocenters. The minimum absolute atomic E-state index is 0.0980. The molecule has 0 aliphatic rings. The second-order valence-electron chi connectivity index (χ2n) is 7.13. The van der Waals surface area contributed by atoms with Crippen LogP contribution >= 0.6 is 0 Å². The number of fused-ring (bicyclic) bond motifs is 1. The molecule has 146 valence electrons. The Hall–Kier alpha value is -3.60. The first-order chi connectivity index (χ1) is 14.1. The number of nitrogens with one attached hydrogen (secondary N) is 1. The molecule has 0 unspecified atom stereocenters. The third kappa shape index (κ3) is 4.46. The number of ether oxygens (including phenoxy) is 1. The van der Waals surface area contributed by atoms with E-state index in [-0.39, 0.29) is 19.1 Å². The van der Waals surface area contributed by atoms with Gasteiger partial charge in [-0.05, 0) is 61.4 Å². The van der Waals surface area contributed by atoms with Gasteiger partial charge in [-0.15, -0.1) is 0 Å². The highest BCUT2D eigenvalue weighted by Gasteiger charge is 2.14. The van der Waals surface area contributed by atoms with Crippen molar-refractivity contribution in [1.29, 1.82) is 0 Å². The second kappa shape index (κ2) is 8.19. The summed E-state index contributed by atoms with van der Waals surface area (Å²) in [4.78, 5) is 17.4. The van der Waals surface area contributed by atoms with Crippen LogP contribution in [0.3, 0.4) is 0 Å². The van der Waals surface area contributed by atoms with Crippen LogP contribution < -0.4 is 10.1 Å². The standard InChI is InChI=1S/C24H23N3O2/c1-17-12-18(2)14-19(13-17)25-24(28)15-27-22-11-7-6-10-21(22)26-23(27)16-29-20-8-4-3-5-9-20/h3-14H,15-16H2,1-2H3,(H,25,28). The highest BCUT2D eigenvalue weighted by Crippen LogP contribution is 2.19. The Morgan fingerprint density at radius 2 is 1.66 bits per heavy atom. The van der Waals surface area contributed by atoms with E-state index in [0.29, 0.717) is 5.82 Å². The van der Waals surface area contributed by atoms with Gasteiger partial charge in [0.1, 0.15) is 24.7 Å². The van der Waals surface area contributed by atoms with Crippen molar-refractivity contribution in [1.82, 2.24) is 9.55 Å². The maximum Gasteiger partial charge on any atom is 0.244 e. The molecule has 1 amide bonds. The summed E-state index contributed by atoms with van der Waals surface area (Å²) in [6.07, 6.45) is 0. The molecule has 5 heteroatoms. The van der Waals surface area contributed by atoms with Crippen LogP contribution in [0.2, 0.25) is 0 Å². The Labute approximate surface area is 170 Å². The fraction of sp³-hybridized carbons (Fsp3) is 0.167. The molecule has 3 aromatic carbocycles. The van der Waals surface area contributed by atoms with Gasteiger partial charge in [0.25, 0.3) is 0 Å². The fourth-order valence-corrected chi connectivity index (χ4v) is 3.47. The first-order valence-electron chi connectivity index (χ1n) is 9.58. The Bertz CT molecular complexity index is 1130. The molecule has 0 aliphatic heterocycles. The molecule has 0 aliphatic carbocycles. The largest absolute Gasteiger partial charge is 0.486 e. The van der Waals surface area contributed by atoms with Crippen LogP contribution in [0.5, 0.6) is 5.75 Å². The minimum Gasteiger partial charge on any atom is -0.486 e. The first-order valence-corrected chi connectivity index (χ1v) is 9.58. The van der Waals surface area contributed by atoms with E-state index in [1.807, 2.05) is 85.1 Å². The van der Waals surface area contributed by atoms with Gasteiger partial charge in [0, 0.05) is 5.69 Å². The van der Waals surface area contributed by atoms with Crippen LogP contribution in [0.4, 0.5) is 5.69 Å². The molecular weight excluding hydrogens is 362 g/mol. The molecule has 0 spiro atoms. The van der Waals surface area contributed by atoms with Gasteiger partial charge in [-0.1, -0.05) is 36.4 Å². The summed E-state index contributed by atoms with van der Waals surface area (Å²) in [7, 11) is 0. The number of hydrogen-bond acceptors (Lipinski definition) is 3. The average Bonchev–Trinajstić information content (AvgIpc) is 3.04.